The standard InChI is InChI=1S/C23H21N3O3.C7H6O/c1-4-19(17-11-7-5-8-12-17)20(24-21(27)18-13-9-6-10-14-18)26-15-16(2)22(28)25(3)23(26)29;8-6-7-4-2-1-3-5-7/h5-15,20H,1H2,2-3H3,(H,24,27);1-6H. The summed E-state index contributed by atoms with van der Waals surface area (Å²) >= 11 is 0. The Morgan fingerprint density at radius 1 is 0.892 bits per heavy atom. The predicted molar refractivity (Wildman–Crippen MR) is 144 cm³/mol. The average Bonchev–Trinajstić information content (AvgIpc) is 2.95. The Labute approximate surface area is 214 Å². The second-order valence-corrected chi connectivity index (χ2v) is 8.09. The highest BCUT2D eigenvalue weighted by molar-refractivity contribution is 5.95. The first kappa shape index (κ1) is 26.6. The van der Waals surface area contributed by atoms with Gasteiger partial charge >= 0.3 is 5.69 Å². The van der Waals surface area contributed by atoms with E-state index in [2.05, 4.69) is 17.6 Å². The number of rotatable bonds is 6. The number of aldehydes is 1. The van der Waals surface area contributed by atoms with E-state index in [1.165, 1.54) is 17.8 Å². The second-order valence-electron chi connectivity index (χ2n) is 8.09. The Morgan fingerprint density at radius 2 is 1.41 bits per heavy atom. The molecule has 0 aliphatic heterocycles. The molecule has 0 radical (unpaired) electrons. The van der Waals surface area contributed by atoms with Crippen molar-refractivity contribution in [3.05, 3.63) is 153 Å². The number of hydrogen-bond donors (Lipinski definition) is 1. The SMILES string of the molecule is C=C=C(c1ccccc1)C(NC(=O)c1ccccc1)n1cc(C)c(=O)n(C)c1=O.O=Cc1ccccc1. The topological polar surface area (TPSA) is 90.2 Å². The fourth-order valence-electron chi connectivity index (χ4n) is 3.61. The van der Waals surface area contributed by atoms with Crippen molar-refractivity contribution in [3.8, 4) is 0 Å². The lowest BCUT2D eigenvalue weighted by atomic mass is 10.0. The first-order valence-corrected chi connectivity index (χ1v) is 11.5. The summed E-state index contributed by atoms with van der Waals surface area (Å²) in [6.45, 7) is 5.38. The van der Waals surface area contributed by atoms with Gasteiger partial charge < -0.3 is 5.32 Å². The summed E-state index contributed by atoms with van der Waals surface area (Å²) in [6, 6.07) is 27.0. The van der Waals surface area contributed by atoms with Gasteiger partial charge in [-0.2, -0.15) is 0 Å². The number of aromatic nitrogens is 2. The summed E-state index contributed by atoms with van der Waals surface area (Å²) in [6.07, 6.45) is 1.38. The van der Waals surface area contributed by atoms with Crippen LogP contribution in [-0.2, 0) is 7.05 Å². The number of amides is 1. The van der Waals surface area contributed by atoms with Gasteiger partial charge in [0.15, 0.2) is 0 Å². The molecular weight excluding hydrogens is 466 g/mol. The van der Waals surface area contributed by atoms with Crippen LogP contribution in [0.15, 0.2) is 119 Å². The molecule has 1 aromatic heterocycles. The molecule has 7 heteroatoms. The zero-order chi connectivity index (χ0) is 26.8. The van der Waals surface area contributed by atoms with E-state index < -0.39 is 11.9 Å². The maximum atomic E-state index is 12.9. The van der Waals surface area contributed by atoms with Crippen molar-refractivity contribution in [1.82, 2.24) is 14.5 Å². The van der Waals surface area contributed by atoms with Gasteiger partial charge in [0, 0.05) is 35.5 Å². The summed E-state index contributed by atoms with van der Waals surface area (Å²) in [7, 11) is 1.41. The zero-order valence-electron chi connectivity index (χ0n) is 20.6. The van der Waals surface area contributed by atoms with Crippen LogP contribution in [0.3, 0.4) is 0 Å². The van der Waals surface area contributed by atoms with Crippen molar-refractivity contribution >= 4 is 17.8 Å². The van der Waals surface area contributed by atoms with Gasteiger partial charge in [-0.15, -0.1) is 5.73 Å². The highest BCUT2D eigenvalue weighted by Gasteiger charge is 2.23. The summed E-state index contributed by atoms with van der Waals surface area (Å²) in [5.74, 6) is -0.363. The molecule has 1 N–H and O–H groups in total. The van der Waals surface area contributed by atoms with Crippen molar-refractivity contribution in [1.29, 1.82) is 0 Å². The first-order valence-electron chi connectivity index (χ1n) is 11.5. The van der Waals surface area contributed by atoms with Gasteiger partial charge in [-0.1, -0.05) is 85.4 Å². The summed E-state index contributed by atoms with van der Waals surface area (Å²) < 4.78 is 2.33. The number of carbonyl (C=O) groups excluding carboxylic acids is 2. The highest BCUT2D eigenvalue weighted by atomic mass is 16.2. The molecule has 0 bridgehead atoms. The number of aryl methyl sites for hydroxylation is 1. The van der Waals surface area contributed by atoms with E-state index in [0.29, 0.717) is 16.7 Å². The van der Waals surface area contributed by atoms with Gasteiger partial charge in [-0.25, -0.2) is 4.79 Å². The van der Waals surface area contributed by atoms with E-state index in [1.54, 1.807) is 43.3 Å². The third kappa shape index (κ3) is 6.57. The molecule has 0 aliphatic carbocycles. The smallest absolute Gasteiger partial charge is 0.327 e. The first-order chi connectivity index (χ1) is 17.9. The highest BCUT2D eigenvalue weighted by Crippen LogP contribution is 2.24. The van der Waals surface area contributed by atoms with Crippen LogP contribution in [0.1, 0.15) is 38.0 Å². The van der Waals surface area contributed by atoms with Crippen molar-refractivity contribution in [2.75, 3.05) is 0 Å². The molecule has 37 heavy (non-hydrogen) atoms. The molecule has 0 spiro atoms. The Morgan fingerprint density at radius 3 is 1.89 bits per heavy atom. The molecule has 0 fully saturated rings. The summed E-state index contributed by atoms with van der Waals surface area (Å²) in [5, 5.41) is 2.88. The normalized spacial score (nSPS) is 10.8. The van der Waals surface area contributed by atoms with Gasteiger partial charge in [0.2, 0.25) is 0 Å². The fourth-order valence-corrected chi connectivity index (χ4v) is 3.61. The maximum absolute atomic E-state index is 12.9. The molecular formula is C30H27N3O4. The minimum absolute atomic E-state index is 0.363. The molecule has 1 amide bonds. The summed E-state index contributed by atoms with van der Waals surface area (Å²) in [5.41, 5.74) is 4.73. The quantitative estimate of drug-likeness (QED) is 0.323. The molecule has 0 aliphatic rings. The van der Waals surface area contributed by atoms with Gasteiger partial charge in [0.1, 0.15) is 12.5 Å². The minimum atomic E-state index is -0.902. The number of benzene rings is 3. The van der Waals surface area contributed by atoms with E-state index in [1.807, 2.05) is 54.6 Å². The van der Waals surface area contributed by atoms with Gasteiger partial charge in [-0.05, 0) is 24.6 Å². The third-order valence-corrected chi connectivity index (χ3v) is 5.55. The van der Waals surface area contributed by atoms with Gasteiger partial charge in [0.05, 0.1) is 0 Å². The third-order valence-electron chi connectivity index (χ3n) is 5.55. The number of nitrogens with zero attached hydrogens (tertiary/aromatic N) is 2. The Kier molecular flexibility index (Phi) is 9.08. The molecule has 3 aromatic carbocycles. The van der Waals surface area contributed by atoms with Crippen LogP contribution in [0.2, 0.25) is 0 Å². The van der Waals surface area contributed by atoms with Crippen LogP contribution < -0.4 is 16.6 Å². The monoisotopic (exact) mass is 493 g/mol. The fraction of sp³-hybridized carbons (Fsp3) is 0.100. The molecule has 0 saturated carbocycles. The number of carbonyl (C=O) groups is 2. The van der Waals surface area contributed by atoms with E-state index in [-0.39, 0.29) is 11.5 Å². The average molecular weight is 494 g/mol. The Hall–Kier alpha value is -5.00. The maximum Gasteiger partial charge on any atom is 0.332 e. The van der Waals surface area contributed by atoms with Crippen molar-refractivity contribution in [2.45, 2.75) is 13.1 Å². The largest absolute Gasteiger partial charge is 0.332 e. The van der Waals surface area contributed by atoms with Crippen LogP contribution in [0.25, 0.3) is 5.57 Å². The van der Waals surface area contributed by atoms with Gasteiger partial charge in [0.25, 0.3) is 11.5 Å². The van der Waals surface area contributed by atoms with Crippen molar-refractivity contribution in [3.63, 3.8) is 0 Å². The second kappa shape index (κ2) is 12.6. The van der Waals surface area contributed by atoms with Crippen LogP contribution in [0.4, 0.5) is 0 Å². The molecule has 7 nitrogen and oxygen atoms in total. The van der Waals surface area contributed by atoms with Crippen LogP contribution >= 0.6 is 0 Å². The lowest BCUT2D eigenvalue weighted by Crippen LogP contribution is -2.45. The molecule has 1 heterocycles. The number of nitrogens with one attached hydrogen (secondary N) is 1. The Balaban J connectivity index is 0.000000405. The lowest BCUT2D eigenvalue weighted by Gasteiger charge is -2.24. The molecule has 4 aromatic rings. The van der Waals surface area contributed by atoms with E-state index in [9.17, 15) is 19.2 Å². The Bertz CT molecular complexity index is 1530. The molecule has 186 valence electrons. The van der Waals surface area contributed by atoms with Crippen LogP contribution in [0, 0.1) is 6.92 Å². The predicted octanol–water partition coefficient (Wildman–Crippen LogP) is 4.15. The number of hydrogen-bond acceptors (Lipinski definition) is 4. The molecule has 4 rings (SSSR count). The lowest BCUT2D eigenvalue weighted by molar-refractivity contribution is 0.0932. The van der Waals surface area contributed by atoms with E-state index >= 15 is 0 Å². The summed E-state index contributed by atoms with van der Waals surface area (Å²) in [4.78, 5) is 47.9. The van der Waals surface area contributed by atoms with Crippen molar-refractivity contribution < 1.29 is 9.59 Å². The van der Waals surface area contributed by atoms with Crippen LogP contribution in [-0.4, -0.2) is 21.3 Å². The zero-order valence-corrected chi connectivity index (χ0v) is 20.6. The van der Waals surface area contributed by atoms with E-state index in [4.69, 9.17) is 0 Å². The van der Waals surface area contributed by atoms with Crippen LogP contribution in [0.5, 0.6) is 0 Å². The van der Waals surface area contributed by atoms with Gasteiger partial charge in [-0.3, -0.25) is 23.5 Å². The minimum Gasteiger partial charge on any atom is -0.327 e. The van der Waals surface area contributed by atoms with Crippen molar-refractivity contribution in [2.24, 2.45) is 7.05 Å². The molecule has 1 atom stereocenters. The molecule has 0 saturated heterocycles. The molecule has 1 unspecified atom stereocenters. The van der Waals surface area contributed by atoms with E-state index in [0.717, 1.165) is 22.0 Å².